The lowest BCUT2D eigenvalue weighted by atomic mass is 10.1. The van der Waals surface area contributed by atoms with Crippen molar-refractivity contribution in [3.8, 4) is 5.75 Å². The smallest absolute Gasteiger partial charge is 0.249 e. The molecule has 0 bridgehead atoms. The van der Waals surface area contributed by atoms with Crippen LogP contribution in [-0.2, 0) is 0 Å². The first-order valence-corrected chi connectivity index (χ1v) is 4.55. The van der Waals surface area contributed by atoms with Crippen LogP contribution in [0.15, 0.2) is 23.0 Å². The van der Waals surface area contributed by atoms with Crippen molar-refractivity contribution >= 4 is 22.4 Å². The van der Waals surface area contributed by atoms with E-state index in [-0.39, 0.29) is 16.5 Å². The van der Waals surface area contributed by atoms with Gasteiger partial charge in [0.05, 0.1) is 7.11 Å². The summed E-state index contributed by atoms with van der Waals surface area (Å²) in [7, 11) is 1.36. The monoisotopic (exact) mass is 227 g/mol. The number of hydrogen-bond acceptors (Lipinski definition) is 2. The number of aromatic amines is 1. The van der Waals surface area contributed by atoms with Gasteiger partial charge in [-0.2, -0.15) is 0 Å². The van der Waals surface area contributed by atoms with Crippen LogP contribution in [0.5, 0.6) is 5.75 Å². The number of ether oxygens (including phenoxy) is 1. The lowest BCUT2D eigenvalue weighted by molar-refractivity contribution is 0.387. The van der Waals surface area contributed by atoms with E-state index in [1.165, 1.54) is 25.3 Å². The Labute approximate surface area is 89.4 Å². The topological polar surface area (TPSA) is 42.1 Å². The highest BCUT2D eigenvalue weighted by atomic mass is 35.5. The zero-order chi connectivity index (χ0) is 11.0. The zero-order valence-electron chi connectivity index (χ0n) is 7.80. The summed E-state index contributed by atoms with van der Waals surface area (Å²) in [6.45, 7) is 0. The van der Waals surface area contributed by atoms with Gasteiger partial charge in [0.25, 0.3) is 0 Å². The molecule has 0 spiro atoms. The summed E-state index contributed by atoms with van der Waals surface area (Å²) in [4.78, 5) is 13.5. The van der Waals surface area contributed by atoms with Gasteiger partial charge in [-0.05, 0) is 17.5 Å². The summed E-state index contributed by atoms with van der Waals surface area (Å²) < 4.78 is 18.1. The molecule has 0 saturated carbocycles. The fourth-order valence-electron chi connectivity index (χ4n) is 1.39. The molecule has 0 aliphatic carbocycles. The number of H-pyrrole nitrogens is 1. The Kier molecular flexibility index (Phi) is 2.36. The quantitative estimate of drug-likeness (QED) is 0.760. The van der Waals surface area contributed by atoms with Gasteiger partial charge >= 0.3 is 0 Å². The molecule has 78 valence electrons. The molecule has 2 aromatic rings. The number of methoxy groups -OCH3 is 1. The molecular formula is C10H7ClFNO2. The number of halogens is 2. The number of nitrogens with one attached hydrogen (secondary N) is 1. The number of aromatic nitrogens is 1. The molecule has 5 heteroatoms. The van der Waals surface area contributed by atoms with Gasteiger partial charge < -0.3 is 9.72 Å². The van der Waals surface area contributed by atoms with E-state index in [0.717, 1.165) is 0 Å². The molecule has 1 aromatic heterocycles. The molecule has 0 atom stereocenters. The van der Waals surface area contributed by atoms with Crippen molar-refractivity contribution < 1.29 is 9.13 Å². The zero-order valence-corrected chi connectivity index (χ0v) is 8.56. The van der Waals surface area contributed by atoms with E-state index >= 15 is 0 Å². The van der Waals surface area contributed by atoms with Gasteiger partial charge in [0.15, 0.2) is 11.6 Å². The predicted molar refractivity (Wildman–Crippen MR) is 56.1 cm³/mol. The van der Waals surface area contributed by atoms with Crippen LogP contribution in [0.3, 0.4) is 0 Å². The molecule has 0 unspecified atom stereocenters. The van der Waals surface area contributed by atoms with Gasteiger partial charge in [-0.15, -0.1) is 0 Å². The van der Waals surface area contributed by atoms with Crippen molar-refractivity contribution in [1.82, 2.24) is 4.98 Å². The van der Waals surface area contributed by atoms with Gasteiger partial charge in [0, 0.05) is 11.5 Å². The molecule has 2 rings (SSSR count). The third-order valence-electron chi connectivity index (χ3n) is 2.08. The Bertz CT molecular complexity index is 579. The van der Waals surface area contributed by atoms with E-state index in [4.69, 9.17) is 16.3 Å². The summed E-state index contributed by atoms with van der Waals surface area (Å²) in [5, 5.41) is 1.12. The molecule has 0 aliphatic rings. The van der Waals surface area contributed by atoms with E-state index in [1.54, 1.807) is 0 Å². The van der Waals surface area contributed by atoms with Gasteiger partial charge in [0.1, 0.15) is 5.15 Å². The molecule has 3 nitrogen and oxygen atoms in total. The van der Waals surface area contributed by atoms with Gasteiger partial charge in [-0.3, -0.25) is 4.79 Å². The van der Waals surface area contributed by atoms with Crippen LogP contribution >= 0.6 is 11.6 Å². The molecule has 0 radical (unpaired) electrons. The SMILES string of the molecule is COc1cc2cc(=O)[nH]c(Cl)c2cc1F. The van der Waals surface area contributed by atoms with E-state index < -0.39 is 5.82 Å². The minimum atomic E-state index is -0.515. The molecule has 15 heavy (non-hydrogen) atoms. The Hall–Kier alpha value is -1.55. The fourth-order valence-corrected chi connectivity index (χ4v) is 1.64. The Morgan fingerprint density at radius 3 is 2.80 bits per heavy atom. The Morgan fingerprint density at radius 1 is 1.40 bits per heavy atom. The summed E-state index contributed by atoms with van der Waals surface area (Å²) in [5.74, 6) is -0.428. The average molecular weight is 228 g/mol. The van der Waals surface area contributed by atoms with Gasteiger partial charge in [0.2, 0.25) is 5.56 Å². The average Bonchev–Trinajstić information content (AvgIpc) is 2.18. The molecule has 0 saturated heterocycles. The first-order chi connectivity index (χ1) is 7.11. The van der Waals surface area contributed by atoms with Crippen molar-refractivity contribution in [2.45, 2.75) is 0 Å². The lowest BCUT2D eigenvalue weighted by Crippen LogP contribution is -2.03. The van der Waals surface area contributed by atoms with Crippen molar-refractivity contribution in [2.24, 2.45) is 0 Å². The Morgan fingerprint density at radius 2 is 2.13 bits per heavy atom. The van der Waals surface area contributed by atoms with E-state index in [0.29, 0.717) is 10.8 Å². The minimum Gasteiger partial charge on any atom is -0.494 e. The largest absolute Gasteiger partial charge is 0.494 e. The Balaban J connectivity index is 2.87. The number of benzene rings is 1. The highest BCUT2D eigenvalue weighted by Crippen LogP contribution is 2.26. The number of pyridine rings is 1. The number of fused-ring (bicyclic) bond motifs is 1. The normalized spacial score (nSPS) is 10.6. The summed E-state index contributed by atoms with van der Waals surface area (Å²) >= 11 is 5.77. The maximum atomic E-state index is 13.3. The van der Waals surface area contributed by atoms with E-state index in [2.05, 4.69) is 4.98 Å². The van der Waals surface area contributed by atoms with E-state index in [9.17, 15) is 9.18 Å². The van der Waals surface area contributed by atoms with Crippen molar-refractivity contribution in [2.75, 3.05) is 7.11 Å². The summed E-state index contributed by atoms with van der Waals surface area (Å²) in [6.07, 6.45) is 0. The highest BCUT2D eigenvalue weighted by Gasteiger charge is 2.08. The number of rotatable bonds is 1. The third-order valence-corrected chi connectivity index (χ3v) is 2.38. The van der Waals surface area contributed by atoms with Crippen LogP contribution < -0.4 is 10.3 Å². The van der Waals surface area contributed by atoms with Gasteiger partial charge in [-0.1, -0.05) is 11.6 Å². The minimum absolute atomic E-state index is 0.0872. The lowest BCUT2D eigenvalue weighted by Gasteiger charge is -2.04. The second-order valence-corrected chi connectivity index (χ2v) is 3.40. The molecule has 0 aliphatic heterocycles. The molecule has 1 N–H and O–H groups in total. The number of hydrogen-bond donors (Lipinski definition) is 1. The summed E-state index contributed by atoms with van der Waals surface area (Å²) in [6, 6.07) is 4.00. The molecule has 0 fully saturated rings. The van der Waals surface area contributed by atoms with Gasteiger partial charge in [-0.25, -0.2) is 4.39 Å². The van der Waals surface area contributed by atoms with Crippen LogP contribution in [0.1, 0.15) is 0 Å². The van der Waals surface area contributed by atoms with Crippen LogP contribution in [0.25, 0.3) is 10.8 Å². The van der Waals surface area contributed by atoms with Crippen LogP contribution in [0.2, 0.25) is 5.15 Å². The summed E-state index contributed by atoms with van der Waals surface area (Å²) in [5.41, 5.74) is -0.332. The second kappa shape index (κ2) is 3.55. The van der Waals surface area contributed by atoms with Crippen molar-refractivity contribution in [3.63, 3.8) is 0 Å². The predicted octanol–water partition coefficient (Wildman–Crippen LogP) is 2.33. The maximum absolute atomic E-state index is 13.3. The maximum Gasteiger partial charge on any atom is 0.249 e. The fraction of sp³-hybridized carbons (Fsp3) is 0.100. The van der Waals surface area contributed by atoms with Crippen molar-refractivity contribution in [1.29, 1.82) is 0 Å². The first-order valence-electron chi connectivity index (χ1n) is 4.18. The molecule has 1 aromatic carbocycles. The van der Waals surface area contributed by atoms with Crippen LogP contribution in [0.4, 0.5) is 4.39 Å². The van der Waals surface area contributed by atoms with E-state index in [1.807, 2.05) is 0 Å². The first kappa shape index (κ1) is 9.98. The molecular weight excluding hydrogens is 221 g/mol. The molecule has 0 amide bonds. The standard InChI is InChI=1S/C10H7ClFNO2/c1-15-8-2-5-3-9(14)13-10(11)6(5)4-7(8)12/h2-4H,1H3,(H,13,14). The molecule has 1 heterocycles. The second-order valence-electron chi connectivity index (χ2n) is 3.02. The van der Waals surface area contributed by atoms with Crippen LogP contribution in [0, 0.1) is 5.82 Å². The third kappa shape index (κ3) is 1.68. The highest BCUT2D eigenvalue weighted by molar-refractivity contribution is 6.34. The van der Waals surface area contributed by atoms with Crippen LogP contribution in [-0.4, -0.2) is 12.1 Å². The van der Waals surface area contributed by atoms with Crippen molar-refractivity contribution in [3.05, 3.63) is 39.5 Å².